The monoisotopic (exact) mass is 289 g/mol. The molecular weight excluding hydrogens is 266 g/mol. The Balaban J connectivity index is 2.09. The number of hydrogen-bond donors (Lipinski definition) is 1. The normalized spacial score (nSPS) is 19.4. The molecule has 4 heteroatoms. The quantitative estimate of drug-likeness (QED) is 0.929. The molecule has 1 aliphatic rings. The van der Waals surface area contributed by atoms with Crippen LogP contribution >= 0.6 is 0 Å². The Morgan fingerprint density at radius 1 is 1.19 bits per heavy atom. The summed E-state index contributed by atoms with van der Waals surface area (Å²) in [4.78, 5) is 25.4. The minimum Gasteiger partial charge on any atom is -0.478 e. The van der Waals surface area contributed by atoms with Crippen molar-refractivity contribution in [1.29, 1.82) is 0 Å². The van der Waals surface area contributed by atoms with Crippen LogP contribution in [0.25, 0.3) is 0 Å². The van der Waals surface area contributed by atoms with Crippen molar-refractivity contribution in [3.63, 3.8) is 0 Å². The minimum absolute atomic E-state index is 0.0532. The summed E-state index contributed by atoms with van der Waals surface area (Å²) >= 11 is 0. The third kappa shape index (κ3) is 3.84. The summed E-state index contributed by atoms with van der Waals surface area (Å²) in [5.74, 6) is 0.270. The fourth-order valence-corrected chi connectivity index (χ4v) is 2.96. The molecule has 2 rings (SSSR count). The fraction of sp³-hybridized carbons (Fsp3) is 0.529. The Bertz CT molecular complexity index is 525. The van der Waals surface area contributed by atoms with E-state index in [1.54, 1.807) is 12.1 Å². The number of benzene rings is 1. The van der Waals surface area contributed by atoms with Gasteiger partial charge in [-0.1, -0.05) is 19.9 Å². The highest BCUT2D eigenvalue weighted by atomic mass is 16.4. The van der Waals surface area contributed by atoms with E-state index in [1.807, 2.05) is 4.90 Å². The molecule has 1 unspecified atom stereocenters. The number of aromatic carboxylic acids is 1. The summed E-state index contributed by atoms with van der Waals surface area (Å²) in [5, 5.41) is 9.02. The number of likely N-dealkylation sites (tertiary alicyclic amines) is 1. The molecule has 1 aliphatic heterocycles. The SMILES string of the molecule is CC(C)C1CCCN(C(=O)c2cccc(C(=O)O)c2)CC1. The second kappa shape index (κ2) is 6.74. The van der Waals surface area contributed by atoms with Gasteiger partial charge in [0, 0.05) is 18.7 Å². The molecule has 0 aromatic heterocycles. The number of nitrogens with zero attached hydrogens (tertiary/aromatic N) is 1. The van der Waals surface area contributed by atoms with Gasteiger partial charge in [-0.15, -0.1) is 0 Å². The molecular formula is C17H23NO3. The van der Waals surface area contributed by atoms with Gasteiger partial charge >= 0.3 is 5.97 Å². The van der Waals surface area contributed by atoms with Crippen molar-refractivity contribution in [3.8, 4) is 0 Å². The van der Waals surface area contributed by atoms with Gasteiger partial charge in [0.15, 0.2) is 0 Å². The molecule has 4 nitrogen and oxygen atoms in total. The zero-order valence-corrected chi connectivity index (χ0v) is 12.7. The van der Waals surface area contributed by atoms with E-state index < -0.39 is 5.97 Å². The predicted octanol–water partition coefficient (Wildman–Crippen LogP) is 3.28. The number of carboxylic acids is 1. The smallest absolute Gasteiger partial charge is 0.335 e. The van der Waals surface area contributed by atoms with Gasteiger partial charge < -0.3 is 10.0 Å². The van der Waals surface area contributed by atoms with Crippen molar-refractivity contribution in [2.75, 3.05) is 13.1 Å². The van der Waals surface area contributed by atoms with Crippen molar-refractivity contribution >= 4 is 11.9 Å². The second-order valence-electron chi connectivity index (χ2n) is 6.11. The van der Waals surface area contributed by atoms with Crippen LogP contribution in [0.15, 0.2) is 24.3 Å². The topological polar surface area (TPSA) is 57.6 Å². The number of amides is 1. The summed E-state index contributed by atoms with van der Waals surface area (Å²) in [5.41, 5.74) is 0.633. The lowest BCUT2D eigenvalue weighted by Crippen LogP contribution is -2.32. The lowest BCUT2D eigenvalue weighted by atomic mass is 9.89. The number of carboxylic acid groups (broad SMARTS) is 1. The number of carbonyl (C=O) groups is 2. The maximum Gasteiger partial charge on any atom is 0.335 e. The van der Waals surface area contributed by atoms with Crippen LogP contribution in [-0.2, 0) is 0 Å². The van der Waals surface area contributed by atoms with Gasteiger partial charge in [0.1, 0.15) is 0 Å². The van der Waals surface area contributed by atoms with E-state index in [4.69, 9.17) is 5.11 Å². The Hall–Kier alpha value is -1.84. The van der Waals surface area contributed by atoms with Crippen molar-refractivity contribution in [2.24, 2.45) is 11.8 Å². The lowest BCUT2D eigenvalue weighted by molar-refractivity contribution is 0.0697. The molecule has 0 radical (unpaired) electrons. The van der Waals surface area contributed by atoms with Crippen molar-refractivity contribution in [2.45, 2.75) is 33.1 Å². The molecule has 21 heavy (non-hydrogen) atoms. The molecule has 0 spiro atoms. The van der Waals surface area contributed by atoms with E-state index >= 15 is 0 Å². The molecule has 1 amide bonds. The van der Waals surface area contributed by atoms with Crippen molar-refractivity contribution in [1.82, 2.24) is 4.90 Å². The van der Waals surface area contributed by atoms with E-state index in [1.165, 1.54) is 12.1 Å². The average molecular weight is 289 g/mol. The molecule has 1 saturated heterocycles. The Morgan fingerprint density at radius 3 is 2.57 bits per heavy atom. The van der Waals surface area contributed by atoms with Crippen molar-refractivity contribution < 1.29 is 14.7 Å². The third-order valence-electron chi connectivity index (χ3n) is 4.36. The Morgan fingerprint density at radius 2 is 1.90 bits per heavy atom. The number of rotatable bonds is 3. The van der Waals surface area contributed by atoms with Crippen LogP contribution < -0.4 is 0 Å². The summed E-state index contributed by atoms with van der Waals surface area (Å²) in [6, 6.07) is 6.30. The van der Waals surface area contributed by atoms with Crippen LogP contribution in [0.1, 0.15) is 53.8 Å². The molecule has 1 aromatic rings. The minimum atomic E-state index is -1.000. The van der Waals surface area contributed by atoms with E-state index in [0.717, 1.165) is 32.4 Å². The van der Waals surface area contributed by atoms with Crippen LogP contribution in [0.5, 0.6) is 0 Å². The van der Waals surface area contributed by atoms with E-state index in [2.05, 4.69) is 13.8 Å². The zero-order chi connectivity index (χ0) is 15.4. The Labute approximate surface area is 125 Å². The Kier molecular flexibility index (Phi) is 4.99. The molecule has 1 fully saturated rings. The third-order valence-corrected chi connectivity index (χ3v) is 4.36. The van der Waals surface area contributed by atoms with Crippen LogP contribution in [0, 0.1) is 11.8 Å². The molecule has 0 saturated carbocycles. The number of hydrogen-bond acceptors (Lipinski definition) is 2. The maximum atomic E-state index is 12.5. The summed E-state index contributed by atoms with van der Waals surface area (Å²) in [6.45, 7) is 6.00. The molecule has 1 N–H and O–H groups in total. The highest BCUT2D eigenvalue weighted by Gasteiger charge is 2.23. The molecule has 1 heterocycles. The van der Waals surface area contributed by atoms with Crippen LogP contribution in [0.3, 0.4) is 0 Å². The first-order valence-electron chi connectivity index (χ1n) is 7.61. The first-order chi connectivity index (χ1) is 9.99. The number of carbonyl (C=O) groups excluding carboxylic acids is 1. The molecule has 1 aromatic carbocycles. The largest absolute Gasteiger partial charge is 0.478 e. The highest BCUT2D eigenvalue weighted by Crippen LogP contribution is 2.25. The van der Waals surface area contributed by atoms with Gasteiger partial charge in [-0.25, -0.2) is 4.79 Å². The standard InChI is InChI=1S/C17H23NO3/c1-12(2)13-7-4-9-18(10-8-13)16(19)14-5-3-6-15(11-14)17(20)21/h3,5-6,11-13H,4,7-10H2,1-2H3,(H,20,21). The van der Waals surface area contributed by atoms with Crippen LogP contribution in [0.2, 0.25) is 0 Å². The summed E-state index contributed by atoms with van der Waals surface area (Å²) in [7, 11) is 0. The van der Waals surface area contributed by atoms with Crippen LogP contribution in [0.4, 0.5) is 0 Å². The second-order valence-corrected chi connectivity index (χ2v) is 6.11. The first kappa shape index (κ1) is 15.5. The van der Waals surface area contributed by atoms with Gasteiger partial charge in [-0.3, -0.25) is 4.79 Å². The zero-order valence-electron chi connectivity index (χ0n) is 12.7. The van der Waals surface area contributed by atoms with Gasteiger partial charge in [-0.05, 0) is 49.3 Å². The van der Waals surface area contributed by atoms with Gasteiger partial charge in [-0.2, -0.15) is 0 Å². The molecule has 0 aliphatic carbocycles. The van der Waals surface area contributed by atoms with Gasteiger partial charge in [0.05, 0.1) is 5.56 Å². The highest BCUT2D eigenvalue weighted by molar-refractivity contribution is 5.97. The lowest BCUT2D eigenvalue weighted by Gasteiger charge is -2.21. The molecule has 114 valence electrons. The van der Waals surface area contributed by atoms with Crippen molar-refractivity contribution in [3.05, 3.63) is 35.4 Å². The fourth-order valence-electron chi connectivity index (χ4n) is 2.96. The van der Waals surface area contributed by atoms with Crippen LogP contribution in [-0.4, -0.2) is 35.0 Å². The van der Waals surface area contributed by atoms with E-state index in [-0.39, 0.29) is 11.5 Å². The average Bonchev–Trinajstić information content (AvgIpc) is 2.72. The predicted molar refractivity (Wildman–Crippen MR) is 81.5 cm³/mol. The van der Waals surface area contributed by atoms with E-state index in [9.17, 15) is 9.59 Å². The van der Waals surface area contributed by atoms with E-state index in [0.29, 0.717) is 17.4 Å². The molecule has 0 bridgehead atoms. The van der Waals surface area contributed by atoms with Gasteiger partial charge in [0.2, 0.25) is 0 Å². The maximum absolute atomic E-state index is 12.5. The first-order valence-corrected chi connectivity index (χ1v) is 7.61. The molecule has 1 atom stereocenters. The van der Waals surface area contributed by atoms with Gasteiger partial charge in [0.25, 0.3) is 5.91 Å². The summed E-state index contributed by atoms with van der Waals surface area (Å²) in [6.07, 6.45) is 3.21. The summed E-state index contributed by atoms with van der Waals surface area (Å²) < 4.78 is 0.